The maximum atomic E-state index is 4.27. The Hall–Kier alpha value is -0.730. The summed E-state index contributed by atoms with van der Waals surface area (Å²) in [6.45, 7) is 9.65. The van der Waals surface area contributed by atoms with Crippen LogP contribution < -0.4 is 0 Å². The number of hydrogen-bond acceptors (Lipinski definition) is 3. The molecule has 0 fully saturated rings. The molecule has 0 aliphatic carbocycles. The monoisotopic (exact) mass is 155 g/mol. The summed E-state index contributed by atoms with van der Waals surface area (Å²) in [5.74, 6) is 0. The summed E-state index contributed by atoms with van der Waals surface area (Å²) in [6, 6.07) is 0.547. The standard InChI is InChI=1S/C8H17N3/c1-5-11-8(4)10(6-9-11)7(2)3/h6-8H,5H2,1-4H3. The van der Waals surface area contributed by atoms with Crippen LogP contribution in [0.5, 0.6) is 0 Å². The van der Waals surface area contributed by atoms with Gasteiger partial charge in [-0.2, -0.15) is 5.10 Å². The predicted octanol–water partition coefficient (Wildman–Crippen LogP) is 1.32. The van der Waals surface area contributed by atoms with Gasteiger partial charge in [0.1, 0.15) is 12.5 Å². The van der Waals surface area contributed by atoms with Crippen molar-refractivity contribution in [3.05, 3.63) is 0 Å². The fourth-order valence-corrected chi connectivity index (χ4v) is 1.38. The van der Waals surface area contributed by atoms with Crippen LogP contribution in [0.15, 0.2) is 5.10 Å². The molecule has 0 aromatic rings. The van der Waals surface area contributed by atoms with Gasteiger partial charge in [0.25, 0.3) is 0 Å². The van der Waals surface area contributed by atoms with Crippen LogP contribution in [0.4, 0.5) is 0 Å². The molecule has 3 heteroatoms. The topological polar surface area (TPSA) is 18.8 Å². The van der Waals surface area contributed by atoms with Crippen LogP contribution in [0.25, 0.3) is 0 Å². The summed E-state index contributed by atoms with van der Waals surface area (Å²) in [5.41, 5.74) is 0. The first-order valence-corrected chi connectivity index (χ1v) is 4.25. The maximum absolute atomic E-state index is 4.27. The molecule has 0 saturated carbocycles. The third-order valence-electron chi connectivity index (χ3n) is 2.12. The van der Waals surface area contributed by atoms with Gasteiger partial charge in [-0.15, -0.1) is 0 Å². The second-order valence-corrected chi connectivity index (χ2v) is 3.16. The summed E-state index contributed by atoms with van der Waals surface area (Å²) >= 11 is 0. The lowest BCUT2D eigenvalue weighted by atomic mass is 10.3. The van der Waals surface area contributed by atoms with E-state index >= 15 is 0 Å². The van der Waals surface area contributed by atoms with E-state index in [1.54, 1.807) is 0 Å². The van der Waals surface area contributed by atoms with Crippen LogP contribution in [-0.4, -0.2) is 35.0 Å². The van der Waals surface area contributed by atoms with E-state index in [1.807, 2.05) is 6.34 Å². The summed E-state index contributed by atoms with van der Waals surface area (Å²) in [6.07, 6.45) is 2.36. The van der Waals surface area contributed by atoms with Gasteiger partial charge in [0, 0.05) is 12.6 Å². The molecule has 11 heavy (non-hydrogen) atoms. The summed E-state index contributed by atoms with van der Waals surface area (Å²) in [5, 5.41) is 6.36. The van der Waals surface area contributed by atoms with Gasteiger partial charge in [0.2, 0.25) is 0 Å². The largest absolute Gasteiger partial charge is 0.337 e. The Morgan fingerprint density at radius 3 is 2.45 bits per heavy atom. The normalized spacial score (nSPS) is 23.9. The molecule has 0 amide bonds. The molecule has 1 rings (SSSR count). The van der Waals surface area contributed by atoms with Crippen molar-refractivity contribution in [1.29, 1.82) is 0 Å². The molecule has 0 spiro atoms. The average Bonchev–Trinajstić information content (AvgIpc) is 2.30. The molecule has 1 unspecified atom stereocenters. The summed E-state index contributed by atoms with van der Waals surface area (Å²) < 4.78 is 0. The minimum Gasteiger partial charge on any atom is -0.337 e. The van der Waals surface area contributed by atoms with E-state index in [0.717, 1.165) is 6.54 Å². The Morgan fingerprint density at radius 2 is 2.18 bits per heavy atom. The molecule has 0 aromatic carbocycles. The quantitative estimate of drug-likeness (QED) is 0.599. The van der Waals surface area contributed by atoms with Crippen LogP contribution in [-0.2, 0) is 0 Å². The lowest BCUT2D eigenvalue weighted by molar-refractivity contribution is 0.134. The highest BCUT2D eigenvalue weighted by Gasteiger charge is 2.23. The van der Waals surface area contributed by atoms with E-state index in [2.05, 4.69) is 42.7 Å². The lowest BCUT2D eigenvalue weighted by Gasteiger charge is -2.29. The molecule has 0 saturated heterocycles. The molecule has 64 valence electrons. The Labute approximate surface area is 68.7 Å². The van der Waals surface area contributed by atoms with Gasteiger partial charge in [-0.1, -0.05) is 0 Å². The van der Waals surface area contributed by atoms with Crippen molar-refractivity contribution in [2.75, 3.05) is 6.54 Å². The van der Waals surface area contributed by atoms with E-state index < -0.39 is 0 Å². The summed E-state index contributed by atoms with van der Waals surface area (Å²) in [7, 11) is 0. The molecule has 0 bridgehead atoms. The first-order valence-electron chi connectivity index (χ1n) is 4.25. The molecule has 0 aromatic heterocycles. The maximum Gasteiger partial charge on any atom is 0.116 e. The fraction of sp³-hybridized carbons (Fsp3) is 0.875. The zero-order valence-corrected chi connectivity index (χ0v) is 7.78. The van der Waals surface area contributed by atoms with Crippen molar-refractivity contribution in [3.8, 4) is 0 Å². The van der Waals surface area contributed by atoms with Crippen LogP contribution in [0.1, 0.15) is 27.7 Å². The Bertz CT molecular complexity index is 153. The van der Waals surface area contributed by atoms with Crippen LogP contribution in [0, 0.1) is 0 Å². The zero-order chi connectivity index (χ0) is 8.43. The van der Waals surface area contributed by atoms with Crippen molar-refractivity contribution in [2.24, 2.45) is 5.10 Å². The SMILES string of the molecule is CCN1N=CN(C(C)C)C1C. The Balaban J connectivity index is 2.56. The average molecular weight is 155 g/mol. The van der Waals surface area contributed by atoms with Crippen LogP contribution in [0.2, 0.25) is 0 Å². The Kier molecular flexibility index (Phi) is 2.37. The first-order chi connectivity index (χ1) is 5.16. The van der Waals surface area contributed by atoms with Crippen molar-refractivity contribution < 1.29 is 0 Å². The van der Waals surface area contributed by atoms with Crippen molar-refractivity contribution in [3.63, 3.8) is 0 Å². The molecule has 0 N–H and O–H groups in total. The number of nitrogens with zero attached hydrogens (tertiary/aromatic N) is 3. The van der Waals surface area contributed by atoms with Crippen LogP contribution in [0.3, 0.4) is 0 Å². The zero-order valence-electron chi connectivity index (χ0n) is 7.78. The van der Waals surface area contributed by atoms with Gasteiger partial charge in [-0.25, -0.2) is 0 Å². The van der Waals surface area contributed by atoms with Gasteiger partial charge in [0.05, 0.1) is 0 Å². The third-order valence-corrected chi connectivity index (χ3v) is 2.12. The summed E-state index contributed by atoms with van der Waals surface area (Å²) in [4.78, 5) is 2.25. The van der Waals surface area contributed by atoms with E-state index in [1.165, 1.54) is 0 Å². The van der Waals surface area contributed by atoms with Gasteiger partial charge in [-0.05, 0) is 27.7 Å². The molecule has 0 radical (unpaired) electrons. The molecule has 1 aliphatic heterocycles. The molecule has 1 heterocycles. The highest BCUT2D eigenvalue weighted by molar-refractivity contribution is 5.57. The first kappa shape index (κ1) is 8.37. The smallest absolute Gasteiger partial charge is 0.116 e. The molecule has 1 atom stereocenters. The number of rotatable bonds is 2. The van der Waals surface area contributed by atoms with E-state index in [0.29, 0.717) is 12.2 Å². The van der Waals surface area contributed by atoms with Crippen LogP contribution >= 0.6 is 0 Å². The fourth-order valence-electron chi connectivity index (χ4n) is 1.38. The van der Waals surface area contributed by atoms with E-state index in [-0.39, 0.29) is 0 Å². The number of hydrogen-bond donors (Lipinski definition) is 0. The molecular formula is C8H17N3. The van der Waals surface area contributed by atoms with Crippen molar-refractivity contribution in [1.82, 2.24) is 9.91 Å². The highest BCUT2D eigenvalue weighted by atomic mass is 15.6. The molecular weight excluding hydrogens is 138 g/mol. The Morgan fingerprint density at radius 1 is 1.55 bits per heavy atom. The van der Waals surface area contributed by atoms with E-state index in [4.69, 9.17) is 0 Å². The lowest BCUT2D eigenvalue weighted by Crippen LogP contribution is -2.40. The van der Waals surface area contributed by atoms with Gasteiger partial charge in [-0.3, -0.25) is 5.01 Å². The second-order valence-electron chi connectivity index (χ2n) is 3.16. The van der Waals surface area contributed by atoms with Gasteiger partial charge in [0.15, 0.2) is 0 Å². The minimum absolute atomic E-state index is 0.431. The van der Waals surface area contributed by atoms with Crippen molar-refractivity contribution in [2.45, 2.75) is 39.9 Å². The highest BCUT2D eigenvalue weighted by Crippen LogP contribution is 2.13. The van der Waals surface area contributed by atoms with Gasteiger partial charge < -0.3 is 4.90 Å². The second kappa shape index (κ2) is 3.11. The molecule has 1 aliphatic rings. The third kappa shape index (κ3) is 1.47. The predicted molar refractivity (Wildman–Crippen MR) is 47.3 cm³/mol. The minimum atomic E-state index is 0.431. The van der Waals surface area contributed by atoms with Gasteiger partial charge >= 0.3 is 0 Å². The molecule has 3 nitrogen and oxygen atoms in total. The van der Waals surface area contributed by atoms with E-state index in [9.17, 15) is 0 Å². The number of hydrazone groups is 1. The van der Waals surface area contributed by atoms with Crippen molar-refractivity contribution >= 4 is 6.34 Å².